The van der Waals surface area contributed by atoms with Crippen LogP contribution in [0.5, 0.6) is 0 Å². The largest absolute Gasteiger partial charge is 0.356 e. The van der Waals surface area contributed by atoms with E-state index < -0.39 is 0 Å². The van der Waals surface area contributed by atoms with Gasteiger partial charge in [0, 0.05) is 13.1 Å². The smallest absolute Gasteiger partial charge is 0.227 e. The Bertz CT molecular complexity index is 219. The van der Waals surface area contributed by atoms with Crippen LogP contribution in [-0.4, -0.2) is 19.0 Å². The zero-order valence-electron chi connectivity index (χ0n) is 8.72. The average Bonchev–Trinajstić information content (AvgIpc) is 2.89. The highest BCUT2D eigenvalue weighted by Crippen LogP contribution is 2.44. The first kappa shape index (κ1) is 9.97. The highest BCUT2D eigenvalue weighted by atomic mass is 16.2. The van der Waals surface area contributed by atoms with E-state index in [4.69, 9.17) is 5.73 Å². The number of carbonyl (C=O) groups is 1. The molecule has 2 rings (SSSR count). The summed E-state index contributed by atoms with van der Waals surface area (Å²) in [5, 5.41) is 3.02. The number of hydrogen-bond acceptors (Lipinski definition) is 2. The van der Waals surface area contributed by atoms with Gasteiger partial charge in [0.15, 0.2) is 0 Å². The third-order valence-electron chi connectivity index (χ3n) is 3.79. The molecule has 0 aliphatic heterocycles. The topological polar surface area (TPSA) is 55.1 Å². The predicted octanol–water partition coefficient (Wildman–Crippen LogP) is 1.03. The first-order valence-electron chi connectivity index (χ1n) is 5.75. The molecule has 0 bridgehead atoms. The SMILES string of the molecule is NCC1(C(=O)NCCC2CCC2)CC1. The second-order valence-electron chi connectivity index (χ2n) is 4.83. The van der Waals surface area contributed by atoms with Crippen molar-refractivity contribution in [2.24, 2.45) is 17.1 Å². The summed E-state index contributed by atoms with van der Waals surface area (Å²) in [5.74, 6) is 1.07. The van der Waals surface area contributed by atoms with Crippen molar-refractivity contribution in [3.63, 3.8) is 0 Å². The van der Waals surface area contributed by atoms with E-state index in [0.29, 0.717) is 6.54 Å². The molecule has 0 spiro atoms. The molecule has 1 amide bonds. The van der Waals surface area contributed by atoms with Crippen molar-refractivity contribution in [2.75, 3.05) is 13.1 Å². The van der Waals surface area contributed by atoms with Gasteiger partial charge in [-0.3, -0.25) is 4.79 Å². The molecule has 80 valence electrons. The molecule has 2 saturated carbocycles. The summed E-state index contributed by atoms with van der Waals surface area (Å²) in [5.41, 5.74) is 5.41. The van der Waals surface area contributed by atoms with Crippen molar-refractivity contribution >= 4 is 5.91 Å². The Labute approximate surface area is 85.4 Å². The third-order valence-corrected chi connectivity index (χ3v) is 3.79. The van der Waals surface area contributed by atoms with Gasteiger partial charge in [0.1, 0.15) is 0 Å². The molecule has 0 aromatic heterocycles. The summed E-state index contributed by atoms with van der Waals surface area (Å²) in [6.07, 6.45) is 7.23. The van der Waals surface area contributed by atoms with Gasteiger partial charge in [-0.2, -0.15) is 0 Å². The summed E-state index contributed by atoms with van der Waals surface area (Å²) in [4.78, 5) is 11.7. The first-order valence-corrected chi connectivity index (χ1v) is 5.75. The Balaban J connectivity index is 1.62. The lowest BCUT2D eigenvalue weighted by Crippen LogP contribution is -2.37. The minimum atomic E-state index is -0.167. The summed E-state index contributed by atoms with van der Waals surface area (Å²) in [6.45, 7) is 1.37. The maximum Gasteiger partial charge on any atom is 0.227 e. The molecule has 3 nitrogen and oxygen atoms in total. The van der Waals surface area contributed by atoms with Crippen LogP contribution in [0.2, 0.25) is 0 Å². The zero-order chi connectivity index (χ0) is 10.0. The van der Waals surface area contributed by atoms with Crippen LogP contribution in [0, 0.1) is 11.3 Å². The second-order valence-corrected chi connectivity index (χ2v) is 4.83. The van der Waals surface area contributed by atoms with Crippen LogP contribution in [0.15, 0.2) is 0 Å². The molecule has 0 aromatic rings. The summed E-state index contributed by atoms with van der Waals surface area (Å²) >= 11 is 0. The molecule has 0 unspecified atom stereocenters. The molecule has 0 radical (unpaired) electrons. The van der Waals surface area contributed by atoms with Gasteiger partial charge in [-0.05, 0) is 25.2 Å². The van der Waals surface area contributed by atoms with Crippen molar-refractivity contribution in [3.05, 3.63) is 0 Å². The fraction of sp³-hybridized carbons (Fsp3) is 0.909. The first-order chi connectivity index (χ1) is 6.77. The normalized spacial score (nSPS) is 24.1. The number of carbonyl (C=O) groups excluding carboxylic acids is 1. The van der Waals surface area contributed by atoms with Crippen LogP contribution in [-0.2, 0) is 4.79 Å². The van der Waals surface area contributed by atoms with Crippen molar-refractivity contribution in [1.82, 2.24) is 5.32 Å². The van der Waals surface area contributed by atoms with Crippen molar-refractivity contribution in [2.45, 2.75) is 38.5 Å². The minimum Gasteiger partial charge on any atom is -0.356 e. The van der Waals surface area contributed by atoms with Gasteiger partial charge in [-0.15, -0.1) is 0 Å². The lowest BCUT2D eigenvalue weighted by Gasteiger charge is -2.25. The van der Waals surface area contributed by atoms with Crippen molar-refractivity contribution in [3.8, 4) is 0 Å². The number of nitrogens with one attached hydrogen (secondary N) is 1. The van der Waals surface area contributed by atoms with Gasteiger partial charge in [0.2, 0.25) is 5.91 Å². The van der Waals surface area contributed by atoms with Gasteiger partial charge in [-0.1, -0.05) is 19.3 Å². The van der Waals surface area contributed by atoms with E-state index in [-0.39, 0.29) is 11.3 Å². The Hall–Kier alpha value is -0.570. The lowest BCUT2D eigenvalue weighted by atomic mass is 9.83. The standard InChI is InChI=1S/C11H20N2O/c12-8-11(5-6-11)10(14)13-7-4-9-2-1-3-9/h9H,1-8,12H2,(H,13,14). The van der Waals surface area contributed by atoms with Crippen molar-refractivity contribution < 1.29 is 4.79 Å². The monoisotopic (exact) mass is 196 g/mol. The Morgan fingerprint density at radius 1 is 1.43 bits per heavy atom. The number of rotatable bonds is 5. The van der Waals surface area contributed by atoms with E-state index in [2.05, 4.69) is 5.32 Å². The van der Waals surface area contributed by atoms with Crippen LogP contribution < -0.4 is 11.1 Å². The van der Waals surface area contributed by atoms with E-state index in [1.165, 1.54) is 19.3 Å². The van der Waals surface area contributed by atoms with Crippen LogP contribution >= 0.6 is 0 Å². The Kier molecular flexibility index (Phi) is 2.77. The lowest BCUT2D eigenvalue weighted by molar-refractivity contribution is -0.126. The van der Waals surface area contributed by atoms with Gasteiger partial charge < -0.3 is 11.1 Å². The van der Waals surface area contributed by atoms with Gasteiger partial charge >= 0.3 is 0 Å². The molecule has 14 heavy (non-hydrogen) atoms. The fourth-order valence-electron chi connectivity index (χ4n) is 2.03. The molecular weight excluding hydrogens is 176 g/mol. The summed E-state index contributed by atoms with van der Waals surface area (Å²) < 4.78 is 0. The van der Waals surface area contributed by atoms with E-state index >= 15 is 0 Å². The minimum absolute atomic E-state index is 0.167. The molecule has 0 heterocycles. The van der Waals surface area contributed by atoms with Gasteiger partial charge in [0.05, 0.1) is 5.41 Å². The van der Waals surface area contributed by atoms with Crippen LogP contribution in [0.25, 0.3) is 0 Å². The summed E-state index contributed by atoms with van der Waals surface area (Å²) in [7, 11) is 0. The summed E-state index contributed by atoms with van der Waals surface area (Å²) in [6, 6.07) is 0. The molecule has 0 atom stereocenters. The highest BCUT2D eigenvalue weighted by Gasteiger charge is 2.48. The molecule has 3 N–H and O–H groups in total. The molecule has 2 aliphatic rings. The van der Waals surface area contributed by atoms with Gasteiger partial charge in [0.25, 0.3) is 0 Å². The Morgan fingerprint density at radius 2 is 2.14 bits per heavy atom. The maximum atomic E-state index is 11.7. The van der Waals surface area contributed by atoms with Crippen molar-refractivity contribution in [1.29, 1.82) is 0 Å². The van der Waals surface area contributed by atoms with E-state index in [0.717, 1.165) is 31.7 Å². The van der Waals surface area contributed by atoms with E-state index in [9.17, 15) is 4.79 Å². The van der Waals surface area contributed by atoms with E-state index in [1.807, 2.05) is 0 Å². The second kappa shape index (κ2) is 3.89. The average molecular weight is 196 g/mol. The zero-order valence-corrected chi connectivity index (χ0v) is 8.72. The molecule has 3 heteroatoms. The van der Waals surface area contributed by atoms with Gasteiger partial charge in [-0.25, -0.2) is 0 Å². The molecule has 0 aromatic carbocycles. The highest BCUT2D eigenvalue weighted by molar-refractivity contribution is 5.85. The van der Waals surface area contributed by atoms with Crippen LogP contribution in [0.4, 0.5) is 0 Å². The Morgan fingerprint density at radius 3 is 2.57 bits per heavy atom. The van der Waals surface area contributed by atoms with Crippen LogP contribution in [0.3, 0.4) is 0 Å². The molecule has 2 fully saturated rings. The molecule has 2 aliphatic carbocycles. The number of nitrogens with two attached hydrogens (primary N) is 1. The quantitative estimate of drug-likeness (QED) is 0.690. The fourth-order valence-corrected chi connectivity index (χ4v) is 2.03. The third kappa shape index (κ3) is 1.92. The number of hydrogen-bond donors (Lipinski definition) is 2. The molecule has 0 saturated heterocycles. The maximum absolute atomic E-state index is 11.7. The van der Waals surface area contributed by atoms with Crippen LogP contribution in [0.1, 0.15) is 38.5 Å². The number of amides is 1. The van der Waals surface area contributed by atoms with E-state index in [1.54, 1.807) is 0 Å². The molecular formula is C11H20N2O. The predicted molar refractivity (Wildman–Crippen MR) is 55.7 cm³/mol.